The summed E-state index contributed by atoms with van der Waals surface area (Å²) in [5, 5.41) is 35.9. The molecule has 5 bridgehead atoms. The van der Waals surface area contributed by atoms with E-state index in [1.54, 1.807) is 46.8 Å². The van der Waals surface area contributed by atoms with Crippen molar-refractivity contribution in [3.8, 4) is 11.5 Å². The Hall–Kier alpha value is -4.20. The molecular weight excluding hydrogens is 638 g/mol. The molecule has 0 aliphatic carbocycles. The average molecular weight is 686 g/mol. The first kappa shape index (κ1) is 37.6. The second-order valence-electron chi connectivity index (χ2n) is 13.4. The van der Waals surface area contributed by atoms with E-state index < -0.39 is 88.6 Å². The van der Waals surface area contributed by atoms with Gasteiger partial charge in [-0.3, -0.25) is 24.5 Å². The number of rotatable bonds is 2. The highest BCUT2D eigenvalue weighted by molar-refractivity contribution is 6.16. The van der Waals surface area contributed by atoms with Gasteiger partial charge in [-0.15, -0.1) is 0 Å². The molecule has 1 aromatic carbocycles. The topological polar surface area (TPSA) is 191 Å². The number of carbonyl (C=O) groups excluding carboxylic acids is 3. The Morgan fingerprint density at radius 2 is 1.69 bits per heavy atom. The number of ketones is 1. The van der Waals surface area contributed by atoms with Crippen molar-refractivity contribution < 1.29 is 53.1 Å². The van der Waals surface area contributed by atoms with Crippen molar-refractivity contribution in [1.29, 1.82) is 0 Å². The van der Waals surface area contributed by atoms with Gasteiger partial charge in [-0.05, 0) is 19.4 Å². The van der Waals surface area contributed by atoms with Gasteiger partial charge < -0.3 is 38.7 Å². The molecule has 5 rings (SSSR count). The van der Waals surface area contributed by atoms with Gasteiger partial charge in [-0.2, -0.15) is 0 Å². The van der Waals surface area contributed by atoms with Crippen molar-refractivity contribution in [1.82, 2.24) is 0 Å². The summed E-state index contributed by atoms with van der Waals surface area (Å²) in [6, 6.07) is 1.02. The number of esters is 1. The maximum absolute atomic E-state index is 13.8. The minimum atomic E-state index is -1.96. The second-order valence-corrected chi connectivity index (χ2v) is 13.4. The predicted octanol–water partition coefficient (Wildman–Crippen LogP) is 4.38. The van der Waals surface area contributed by atoms with Gasteiger partial charge in [-0.1, -0.05) is 46.8 Å². The van der Waals surface area contributed by atoms with Gasteiger partial charge in [0.25, 0.3) is 5.78 Å². The highest BCUT2D eigenvalue weighted by Crippen LogP contribution is 2.46. The summed E-state index contributed by atoms with van der Waals surface area (Å²) >= 11 is 0. The third-order valence-corrected chi connectivity index (χ3v) is 9.74. The first-order valence-corrected chi connectivity index (χ1v) is 16.4. The highest BCUT2D eigenvalue weighted by Gasteiger charge is 2.49. The van der Waals surface area contributed by atoms with Crippen LogP contribution in [0.5, 0.6) is 11.5 Å². The number of ether oxygens (including phenoxy) is 4. The fourth-order valence-electron chi connectivity index (χ4n) is 6.53. The quantitative estimate of drug-likeness (QED) is 0.258. The molecule has 1 unspecified atom stereocenters. The minimum absolute atomic E-state index is 0.0548. The molecule has 4 N–H and O–H groups in total. The first-order chi connectivity index (χ1) is 22.9. The minimum Gasteiger partial charge on any atom is -0.504 e. The largest absolute Gasteiger partial charge is 0.504 e. The first-order valence-electron chi connectivity index (χ1n) is 16.4. The number of methoxy groups -OCH3 is 1. The molecule has 0 fully saturated rings. The highest BCUT2D eigenvalue weighted by atomic mass is 16.7. The average Bonchev–Trinajstić information content (AvgIpc) is 3.31. The van der Waals surface area contributed by atoms with Gasteiger partial charge in [0.1, 0.15) is 11.9 Å². The fraction of sp³-hybridized carbons (Fsp3) is 0.556. The zero-order valence-corrected chi connectivity index (χ0v) is 29.3. The smallest absolute Gasteiger partial charge is 0.312 e. The number of aromatic hydroxyl groups is 1. The fourth-order valence-corrected chi connectivity index (χ4v) is 6.53. The standard InChI is InChI=1S/C36H47NO12/c1-16-11-10-12-17(2)35(44)37-25-15-23(39)26-27-32(21(6)30(42)33(26)48-25)49-36(8,34(27)43)46-14-13-24(45-9)18(3)31(47-22(7)38)20(5)29(41)19(4)28(16)40/h10-11,13-20,24,28-29,31,40-42H,12H2,1-9H3,(H,37,44)/b11-10+,14-13+/t16-,17?,18+,19+,20+,24-,28-,29+,31+,36-/m0/s1. The zero-order valence-electron chi connectivity index (χ0n) is 29.3. The molecule has 3 aliphatic rings. The Balaban J connectivity index is 1.81. The van der Waals surface area contributed by atoms with Crippen LogP contribution in [0, 0.1) is 36.5 Å². The van der Waals surface area contributed by atoms with Crippen LogP contribution in [0.2, 0.25) is 0 Å². The van der Waals surface area contributed by atoms with Crippen molar-refractivity contribution in [3.05, 3.63) is 51.9 Å². The predicted molar refractivity (Wildman–Crippen MR) is 179 cm³/mol. The Labute approximate surface area is 284 Å². The van der Waals surface area contributed by atoms with E-state index in [0.717, 1.165) is 6.07 Å². The number of fused-ring (bicyclic) bond motifs is 15. The maximum Gasteiger partial charge on any atom is 0.312 e. The van der Waals surface area contributed by atoms with Crippen molar-refractivity contribution >= 4 is 34.5 Å². The number of Topliss-reactive ketones (excluding diaryl/α,β-unsaturated/α-hetero) is 1. The number of phenols is 1. The van der Waals surface area contributed by atoms with Gasteiger partial charge in [0.05, 0.1) is 35.5 Å². The van der Waals surface area contributed by atoms with E-state index in [1.165, 1.54) is 40.2 Å². The molecule has 13 nitrogen and oxygen atoms in total. The van der Waals surface area contributed by atoms with Crippen molar-refractivity contribution in [2.24, 2.45) is 29.6 Å². The van der Waals surface area contributed by atoms with E-state index >= 15 is 0 Å². The lowest BCUT2D eigenvalue weighted by molar-refractivity contribution is -0.160. The SMILES string of the molecule is CO[C@H]1/C=C/O[C@@]2(C)Oc3c(C)c(O)c4oc(cc(=O)c4c3C2=O)NC(=O)C(C)C/C=C/[C@H](C)[C@H](O)[C@@H](C)[C@@H](O)[C@@H](C)[C@H](OC(C)=O)[C@@H]1C. The van der Waals surface area contributed by atoms with Gasteiger partial charge in [0.15, 0.2) is 16.8 Å². The molecule has 0 saturated carbocycles. The summed E-state index contributed by atoms with van der Waals surface area (Å²) in [5.74, 6) is -7.28. The van der Waals surface area contributed by atoms with Crippen LogP contribution < -0.4 is 15.5 Å². The number of hydrogen-bond donors (Lipinski definition) is 4. The molecule has 0 saturated heterocycles. The lowest BCUT2D eigenvalue weighted by atomic mass is 9.78. The van der Waals surface area contributed by atoms with E-state index in [0.29, 0.717) is 0 Å². The molecule has 4 heterocycles. The van der Waals surface area contributed by atoms with Crippen LogP contribution in [0.1, 0.15) is 70.8 Å². The van der Waals surface area contributed by atoms with E-state index in [2.05, 4.69) is 5.32 Å². The number of aliphatic hydroxyl groups is 2. The molecule has 1 amide bonds. The van der Waals surface area contributed by atoms with Crippen LogP contribution in [0.15, 0.2) is 39.8 Å². The Morgan fingerprint density at radius 3 is 2.33 bits per heavy atom. The monoisotopic (exact) mass is 685 g/mol. The summed E-state index contributed by atoms with van der Waals surface area (Å²) in [5.41, 5.74) is -1.01. The lowest BCUT2D eigenvalue weighted by Gasteiger charge is -2.38. The number of phenolic OH excluding ortho intramolecular Hbond substituents is 1. The number of hydrogen-bond acceptors (Lipinski definition) is 12. The molecule has 0 spiro atoms. The van der Waals surface area contributed by atoms with E-state index in [-0.39, 0.29) is 40.2 Å². The number of amides is 1. The summed E-state index contributed by atoms with van der Waals surface area (Å²) in [4.78, 5) is 52.5. The third-order valence-electron chi connectivity index (χ3n) is 9.74. The number of aliphatic hydroxyl groups excluding tert-OH is 2. The van der Waals surface area contributed by atoms with E-state index in [9.17, 15) is 34.5 Å². The summed E-state index contributed by atoms with van der Waals surface area (Å²) < 4.78 is 28.9. The summed E-state index contributed by atoms with van der Waals surface area (Å²) in [7, 11) is 1.44. The summed E-state index contributed by atoms with van der Waals surface area (Å²) in [6.07, 6.45) is 2.79. The molecule has 268 valence electrons. The second kappa shape index (κ2) is 14.7. The molecule has 49 heavy (non-hydrogen) atoms. The molecule has 1 aromatic heterocycles. The molecule has 3 aliphatic heterocycles. The Morgan fingerprint density at radius 1 is 1.02 bits per heavy atom. The van der Waals surface area contributed by atoms with E-state index in [4.69, 9.17) is 23.4 Å². The van der Waals surface area contributed by atoms with Gasteiger partial charge >= 0.3 is 11.8 Å². The lowest BCUT2D eigenvalue weighted by Crippen LogP contribution is -2.46. The van der Waals surface area contributed by atoms with Crippen LogP contribution in [0.4, 0.5) is 5.88 Å². The molecule has 10 atom stereocenters. The van der Waals surface area contributed by atoms with Crippen molar-refractivity contribution in [2.75, 3.05) is 12.4 Å². The number of anilines is 1. The van der Waals surface area contributed by atoms with Gasteiger partial charge in [-0.25, -0.2) is 0 Å². The summed E-state index contributed by atoms with van der Waals surface area (Å²) in [6.45, 7) is 12.8. The van der Waals surface area contributed by atoms with Crippen LogP contribution in [0.3, 0.4) is 0 Å². The Kier molecular flexibility index (Phi) is 11.3. The number of carbonyl (C=O) groups is 3. The van der Waals surface area contributed by atoms with Crippen molar-refractivity contribution in [2.45, 2.75) is 92.0 Å². The molecule has 2 aromatic rings. The van der Waals surface area contributed by atoms with Gasteiger partial charge in [0.2, 0.25) is 11.8 Å². The van der Waals surface area contributed by atoms with Gasteiger partial charge in [0, 0.05) is 62.2 Å². The van der Waals surface area contributed by atoms with Crippen molar-refractivity contribution in [3.63, 3.8) is 0 Å². The number of benzene rings is 1. The third kappa shape index (κ3) is 7.38. The van der Waals surface area contributed by atoms with Crippen LogP contribution >= 0.6 is 0 Å². The number of allylic oxidation sites excluding steroid dienone is 1. The molecule has 13 heteroatoms. The maximum atomic E-state index is 13.8. The molecular formula is C36H47NO12. The van der Waals surface area contributed by atoms with Crippen LogP contribution in [-0.2, 0) is 23.8 Å². The van der Waals surface area contributed by atoms with Crippen LogP contribution in [-0.4, -0.2) is 70.3 Å². The zero-order chi connectivity index (χ0) is 36.5. The van der Waals surface area contributed by atoms with E-state index in [1.807, 2.05) is 0 Å². The normalized spacial score (nSPS) is 34.2. The number of nitrogens with one attached hydrogen (secondary N) is 1. The molecule has 0 radical (unpaired) electrons. The van der Waals surface area contributed by atoms with Crippen LogP contribution in [0.25, 0.3) is 11.0 Å². The Bertz CT molecular complexity index is 1710.